The van der Waals surface area contributed by atoms with Crippen LogP contribution in [0.3, 0.4) is 0 Å². The van der Waals surface area contributed by atoms with Crippen LogP contribution in [0.1, 0.15) is 12.0 Å². The maximum atomic E-state index is 11.6. The first-order valence-corrected chi connectivity index (χ1v) is 8.91. The SMILES string of the molecule is O=C(CCc1ccsc1)NNC(=O)CSc1ccc(Cl)cc1. The molecule has 0 saturated carbocycles. The third kappa shape index (κ3) is 6.09. The van der Waals surface area contributed by atoms with Crippen molar-refractivity contribution in [1.29, 1.82) is 0 Å². The molecule has 0 unspecified atom stereocenters. The minimum Gasteiger partial charge on any atom is -0.273 e. The molecule has 1 aromatic heterocycles. The fourth-order valence-corrected chi connectivity index (χ4v) is 3.14. The highest BCUT2D eigenvalue weighted by molar-refractivity contribution is 8.00. The second-order valence-electron chi connectivity index (χ2n) is 4.47. The van der Waals surface area contributed by atoms with Crippen molar-refractivity contribution >= 4 is 46.5 Å². The lowest BCUT2D eigenvalue weighted by Gasteiger charge is -2.07. The van der Waals surface area contributed by atoms with Crippen LogP contribution in [0.15, 0.2) is 46.0 Å². The molecule has 7 heteroatoms. The third-order valence-electron chi connectivity index (χ3n) is 2.75. The molecule has 0 radical (unpaired) electrons. The van der Waals surface area contributed by atoms with Crippen molar-refractivity contribution < 1.29 is 9.59 Å². The maximum absolute atomic E-state index is 11.6. The Balaban J connectivity index is 1.62. The van der Waals surface area contributed by atoms with Crippen LogP contribution in [-0.2, 0) is 16.0 Å². The van der Waals surface area contributed by atoms with Gasteiger partial charge in [-0.2, -0.15) is 11.3 Å². The molecule has 0 aliphatic rings. The van der Waals surface area contributed by atoms with E-state index in [2.05, 4.69) is 10.9 Å². The summed E-state index contributed by atoms with van der Waals surface area (Å²) in [6.45, 7) is 0. The molecule has 2 aromatic rings. The molecule has 1 heterocycles. The van der Waals surface area contributed by atoms with E-state index in [0.29, 0.717) is 17.9 Å². The summed E-state index contributed by atoms with van der Waals surface area (Å²) in [4.78, 5) is 24.2. The van der Waals surface area contributed by atoms with Gasteiger partial charge < -0.3 is 0 Å². The van der Waals surface area contributed by atoms with Crippen LogP contribution in [0, 0.1) is 0 Å². The normalized spacial score (nSPS) is 10.2. The number of carbonyl (C=O) groups excluding carboxylic acids is 2. The Bertz CT molecular complexity index is 615. The molecule has 2 rings (SSSR count). The number of thioether (sulfide) groups is 1. The molecular formula is C15H15ClN2O2S2. The Labute approximate surface area is 142 Å². The van der Waals surface area contributed by atoms with Gasteiger partial charge in [0.05, 0.1) is 5.75 Å². The molecule has 0 fully saturated rings. The van der Waals surface area contributed by atoms with Gasteiger partial charge in [0.1, 0.15) is 0 Å². The van der Waals surface area contributed by atoms with Gasteiger partial charge in [0.25, 0.3) is 0 Å². The summed E-state index contributed by atoms with van der Waals surface area (Å²) in [5, 5.41) is 4.64. The van der Waals surface area contributed by atoms with Crippen LogP contribution < -0.4 is 10.9 Å². The maximum Gasteiger partial charge on any atom is 0.248 e. The Morgan fingerprint density at radius 3 is 2.50 bits per heavy atom. The van der Waals surface area contributed by atoms with Crippen molar-refractivity contribution in [2.45, 2.75) is 17.7 Å². The van der Waals surface area contributed by atoms with Gasteiger partial charge in [-0.3, -0.25) is 20.4 Å². The molecule has 0 aliphatic heterocycles. The van der Waals surface area contributed by atoms with Gasteiger partial charge >= 0.3 is 0 Å². The molecule has 22 heavy (non-hydrogen) atoms. The fourth-order valence-electron chi connectivity index (χ4n) is 1.61. The molecule has 2 amide bonds. The number of amides is 2. The lowest BCUT2D eigenvalue weighted by Crippen LogP contribution is -2.42. The Hall–Kier alpha value is -1.50. The molecule has 1 aromatic carbocycles. The third-order valence-corrected chi connectivity index (χ3v) is 4.74. The van der Waals surface area contributed by atoms with Crippen LogP contribution in [0.4, 0.5) is 0 Å². The van der Waals surface area contributed by atoms with Crippen molar-refractivity contribution in [2.75, 3.05) is 5.75 Å². The molecular weight excluding hydrogens is 340 g/mol. The highest BCUT2D eigenvalue weighted by atomic mass is 35.5. The largest absolute Gasteiger partial charge is 0.273 e. The minimum absolute atomic E-state index is 0.198. The van der Waals surface area contributed by atoms with E-state index < -0.39 is 0 Å². The van der Waals surface area contributed by atoms with Crippen molar-refractivity contribution in [3.05, 3.63) is 51.7 Å². The molecule has 2 N–H and O–H groups in total. The van der Waals surface area contributed by atoms with Crippen LogP contribution in [0.5, 0.6) is 0 Å². The summed E-state index contributed by atoms with van der Waals surface area (Å²) in [5.41, 5.74) is 5.96. The number of thiophene rings is 1. The highest BCUT2D eigenvalue weighted by Crippen LogP contribution is 2.19. The van der Waals surface area contributed by atoms with Gasteiger partial charge in [-0.25, -0.2) is 0 Å². The van der Waals surface area contributed by atoms with E-state index in [9.17, 15) is 9.59 Å². The van der Waals surface area contributed by atoms with E-state index >= 15 is 0 Å². The van der Waals surface area contributed by atoms with Crippen LogP contribution in [0.2, 0.25) is 5.02 Å². The number of nitrogens with one attached hydrogen (secondary N) is 2. The first kappa shape index (κ1) is 16.9. The van der Waals surface area contributed by atoms with Crippen LogP contribution in [-0.4, -0.2) is 17.6 Å². The molecule has 0 saturated heterocycles. The van der Waals surface area contributed by atoms with Gasteiger partial charge in [-0.05, 0) is 53.1 Å². The number of rotatable bonds is 6. The lowest BCUT2D eigenvalue weighted by molar-refractivity contribution is -0.127. The quantitative estimate of drug-likeness (QED) is 0.618. The number of hydrogen-bond acceptors (Lipinski definition) is 4. The zero-order valence-electron chi connectivity index (χ0n) is 11.7. The van der Waals surface area contributed by atoms with Crippen molar-refractivity contribution in [2.24, 2.45) is 0 Å². The summed E-state index contributed by atoms with van der Waals surface area (Å²) in [6, 6.07) is 9.22. The number of carbonyl (C=O) groups is 2. The van der Waals surface area contributed by atoms with Crippen molar-refractivity contribution in [3.63, 3.8) is 0 Å². The summed E-state index contributed by atoms with van der Waals surface area (Å²) in [5.74, 6) is -0.216. The predicted octanol–water partition coefficient (Wildman–Crippen LogP) is 3.27. The first-order chi connectivity index (χ1) is 10.6. The molecule has 0 bridgehead atoms. The van der Waals surface area contributed by atoms with E-state index in [1.54, 1.807) is 23.5 Å². The van der Waals surface area contributed by atoms with E-state index in [1.165, 1.54) is 11.8 Å². The van der Waals surface area contributed by atoms with Gasteiger partial charge in [-0.15, -0.1) is 11.8 Å². The van der Waals surface area contributed by atoms with E-state index in [-0.39, 0.29) is 17.6 Å². The zero-order chi connectivity index (χ0) is 15.8. The monoisotopic (exact) mass is 354 g/mol. The summed E-state index contributed by atoms with van der Waals surface area (Å²) in [6.07, 6.45) is 1.02. The smallest absolute Gasteiger partial charge is 0.248 e. The topological polar surface area (TPSA) is 58.2 Å². The first-order valence-electron chi connectivity index (χ1n) is 6.60. The van der Waals surface area contributed by atoms with Crippen LogP contribution >= 0.6 is 34.7 Å². The van der Waals surface area contributed by atoms with E-state index in [0.717, 1.165) is 10.5 Å². The molecule has 4 nitrogen and oxygen atoms in total. The van der Waals surface area contributed by atoms with Crippen molar-refractivity contribution in [3.8, 4) is 0 Å². The molecule has 116 valence electrons. The molecule has 0 atom stereocenters. The van der Waals surface area contributed by atoms with E-state index in [4.69, 9.17) is 11.6 Å². The predicted molar refractivity (Wildman–Crippen MR) is 91.1 cm³/mol. The second-order valence-corrected chi connectivity index (χ2v) is 6.74. The molecule has 0 spiro atoms. The fraction of sp³-hybridized carbons (Fsp3) is 0.200. The summed E-state index contributed by atoms with van der Waals surface area (Å²) in [7, 11) is 0. The number of aryl methyl sites for hydroxylation is 1. The minimum atomic E-state index is -0.246. The zero-order valence-corrected chi connectivity index (χ0v) is 14.1. The Kier molecular flexibility index (Phi) is 6.76. The number of hydrogen-bond donors (Lipinski definition) is 2. The Morgan fingerprint density at radius 2 is 1.82 bits per heavy atom. The van der Waals surface area contributed by atoms with Crippen LogP contribution in [0.25, 0.3) is 0 Å². The number of benzene rings is 1. The van der Waals surface area contributed by atoms with Gasteiger partial charge in [0.15, 0.2) is 0 Å². The van der Waals surface area contributed by atoms with E-state index in [1.807, 2.05) is 29.0 Å². The molecule has 0 aliphatic carbocycles. The number of halogens is 1. The summed E-state index contributed by atoms with van der Waals surface area (Å²) >= 11 is 8.77. The highest BCUT2D eigenvalue weighted by Gasteiger charge is 2.06. The Morgan fingerprint density at radius 1 is 1.09 bits per heavy atom. The van der Waals surface area contributed by atoms with Gasteiger partial charge in [0.2, 0.25) is 11.8 Å². The van der Waals surface area contributed by atoms with Gasteiger partial charge in [-0.1, -0.05) is 11.6 Å². The average molecular weight is 355 g/mol. The number of hydrazine groups is 1. The van der Waals surface area contributed by atoms with Gasteiger partial charge in [0, 0.05) is 16.3 Å². The second kappa shape index (κ2) is 8.82. The lowest BCUT2D eigenvalue weighted by atomic mass is 10.2. The standard InChI is InChI=1S/C15H15ClN2O2S2/c16-12-2-4-13(5-3-12)22-10-15(20)18-17-14(19)6-1-11-7-8-21-9-11/h2-5,7-9H,1,6,10H2,(H,17,19)(H,18,20). The average Bonchev–Trinajstić information content (AvgIpc) is 3.04. The van der Waals surface area contributed by atoms with Crippen molar-refractivity contribution in [1.82, 2.24) is 10.9 Å². The summed E-state index contributed by atoms with van der Waals surface area (Å²) < 4.78 is 0.